The Morgan fingerprint density at radius 2 is 2.16 bits per heavy atom. The van der Waals surface area contributed by atoms with Gasteiger partial charge in [0.1, 0.15) is 17.1 Å². The van der Waals surface area contributed by atoms with E-state index >= 15 is 0 Å². The Labute approximate surface area is 226 Å². The average molecular weight is 605 g/mol. The summed E-state index contributed by atoms with van der Waals surface area (Å²) in [5.74, 6) is -5.98. The third kappa shape index (κ3) is 5.79. The molecule has 4 rings (SSSR count). The van der Waals surface area contributed by atoms with Gasteiger partial charge in [-0.1, -0.05) is 17.8 Å². The van der Waals surface area contributed by atoms with E-state index in [1.807, 2.05) is 0 Å². The number of tetrazole rings is 1. The molecule has 2 aromatic heterocycles. The molecule has 15 nitrogen and oxygen atoms in total. The van der Waals surface area contributed by atoms with Crippen LogP contribution in [0.25, 0.3) is 0 Å². The van der Waals surface area contributed by atoms with E-state index < -0.39 is 65.8 Å². The number of carbonyl (C=O) groups is 4. The summed E-state index contributed by atoms with van der Waals surface area (Å²) in [6, 6.07) is 1.94. The molecule has 0 radical (unpaired) electrons. The summed E-state index contributed by atoms with van der Waals surface area (Å²) < 4.78 is 17.6. The lowest BCUT2D eigenvalue weighted by Gasteiger charge is -2.50. The Morgan fingerprint density at radius 1 is 1.39 bits per heavy atom. The highest BCUT2D eigenvalue weighted by molar-refractivity contribution is 8.01. The monoisotopic (exact) mass is 604 g/mol. The number of H-pyrrole nitrogens is 1. The molecule has 2 amide bonds. The number of carboxylic acid groups (broad SMARTS) is 2. The van der Waals surface area contributed by atoms with Crippen molar-refractivity contribution in [3.8, 4) is 0 Å². The number of nitrogens with one attached hydrogen (secondary N) is 2. The second-order valence-electron chi connectivity index (χ2n) is 7.90. The van der Waals surface area contributed by atoms with Crippen molar-refractivity contribution in [3.63, 3.8) is 0 Å². The number of aromatic amines is 1. The molecule has 0 saturated carbocycles. The van der Waals surface area contributed by atoms with Gasteiger partial charge in [-0.2, -0.15) is 5.21 Å². The van der Waals surface area contributed by atoms with Gasteiger partial charge in [0.05, 0.1) is 12.8 Å². The quantitative estimate of drug-likeness (QED) is 0.0966. The topological polar surface area (TPSA) is 225 Å². The molecular formula is C19H21N6O9PS3. The first kappa shape index (κ1) is 28.3. The van der Waals surface area contributed by atoms with Crippen LogP contribution in [0.1, 0.15) is 17.7 Å². The second-order valence-corrected chi connectivity index (χ2v) is 13.1. The summed E-state index contributed by atoms with van der Waals surface area (Å²) in [6.45, 7) is 1.48. The van der Waals surface area contributed by atoms with E-state index in [0.29, 0.717) is 0 Å². The van der Waals surface area contributed by atoms with Gasteiger partial charge in [0, 0.05) is 15.9 Å². The summed E-state index contributed by atoms with van der Waals surface area (Å²) in [4.78, 5) is 61.5. The van der Waals surface area contributed by atoms with Crippen LogP contribution >= 0.6 is 42.5 Å². The molecule has 1 fully saturated rings. The minimum atomic E-state index is -4.16. The molecule has 5 N–H and O–H groups in total. The van der Waals surface area contributed by atoms with Gasteiger partial charge >= 0.3 is 19.5 Å². The molecule has 0 aromatic carbocycles. The number of thioether (sulfide) groups is 2. The first-order valence-corrected chi connectivity index (χ1v) is 15.4. The Morgan fingerprint density at radius 3 is 2.74 bits per heavy atom. The SMILES string of the molecule is CCOP(=O)(O)CC(Sc1nn[nH]n1)C1=C(C(=O)O)N2C(=O)[C@@H](NC(=O)C(C(=O)O)c3cccs3)[C@@H]2SC1. The van der Waals surface area contributed by atoms with Crippen LogP contribution in [0.3, 0.4) is 0 Å². The number of rotatable bonds is 12. The zero-order chi connectivity index (χ0) is 27.6. The highest BCUT2D eigenvalue weighted by atomic mass is 32.2. The fourth-order valence-corrected chi connectivity index (χ4v) is 9.09. The van der Waals surface area contributed by atoms with Gasteiger partial charge in [0.15, 0.2) is 5.92 Å². The number of aliphatic carboxylic acids is 2. The van der Waals surface area contributed by atoms with E-state index in [4.69, 9.17) is 4.52 Å². The number of thiophene rings is 1. The fraction of sp³-hybridized carbons (Fsp3) is 0.421. The van der Waals surface area contributed by atoms with Crippen LogP contribution in [0.5, 0.6) is 0 Å². The molecule has 4 heterocycles. The van der Waals surface area contributed by atoms with Crippen LogP contribution < -0.4 is 5.32 Å². The maximum absolute atomic E-state index is 13.1. The number of fused-ring (bicyclic) bond motifs is 1. The molecular weight excluding hydrogens is 583 g/mol. The fourth-order valence-electron chi connectivity index (χ4n) is 3.96. The van der Waals surface area contributed by atoms with Crippen molar-refractivity contribution in [2.45, 2.75) is 34.7 Å². The van der Waals surface area contributed by atoms with Crippen molar-refractivity contribution in [3.05, 3.63) is 33.7 Å². The summed E-state index contributed by atoms with van der Waals surface area (Å²) >= 11 is 3.10. The van der Waals surface area contributed by atoms with E-state index in [0.717, 1.165) is 39.8 Å². The zero-order valence-electron chi connectivity index (χ0n) is 19.4. The molecule has 0 aliphatic carbocycles. The van der Waals surface area contributed by atoms with Gasteiger partial charge < -0.3 is 24.9 Å². The van der Waals surface area contributed by atoms with Crippen molar-refractivity contribution in [2.75, 3.05) is 18.5 Å². The number of amides is 2. The van der Waals surface area contributed by atoms with E-state index in [1.54, 1.807) is 11.4 Å². The van der Waals surface area contributed by atoms with Crippen molar-refractivity contribution < 1.29 is 43.4 Å². The largest absolute Gasteiger partial charge is 0.480 e. The van der Waals surface area contributed by atoms with Gasteiger partial charge in [-0.05, 0) is 29.2 Å². The lowest BCUT2D eigenvalue weighted by atomic mass is 10.00. The molecule has 204 valence electrons. The van der Waals surface area contributed by atoms with Gasteiger partial charge in [-0.3, -0.25) is 23.8 Å². The van der Waals surface area contributed by atoms with Crippen molar-refractivity contribution in [2.24, 2.45) is 0 Å². The second kappa shape index (κ2) is 11.5. The van der Waals surface area contributed by atoms with Crippen LogP contribution in [0, 0.1) is 0 Å². The molecule has 2 aromatic rings. The van der Waals surface area contributed by atoms with Gasteiger partial charge in [-0.25, -0.2) is 4.79 Å². The van der Waals surface area contributed by atoms with Crippen LogP contribution in [0.2, 0.25) is 0 Å². The average Bonchev–Trinajstić information content (AvgIpc) is 3.55. The Bertz CT molecular complexity index is 1310. The summed E-state index contributed by atoms with van der Waals surface area (Å²) in [5.41, 5.74) is -0.225. The van der Waals surface area contributed by atoms with Gasteiger partial charge in [-0.15, -0.1) is 33.3 Å². The molecule has 2 aliphatic heterocycles. The Kier molecular flexibility index (Phi) is 8.59. The molecule has 1 saturated heterocycles. The van der Waals surface area contributed by atoms with E-state index in [-0.39, 0.29) is 28.0 Å². The Hall–Kier alpha value is -2.76. The lowest BCUT2D eigenvalue weighted by molar-refractivity contribution is -0.152. The highest BCUT2D eigenvalue weighted by Crippen LogP contribution is 2.50. The first-order valence-electron chi connectivity index (χ1n) is 10.9. The molecule has 3 unspecified atom stereocenters. The van der Waals surface area contributed by atoms with E-state index in [2.05, 4.69) is 25.9 Å². The lowest BCUT2D eigenvalue weighted by Crippen LogP contribution is -2.71. The van der Waals surface area contributed by atoms with Crippen LogP contribution in [-0.2, 0) is 28.3 Å². The normalized spacial score (nSPS) is 22.2. The van der Waals surface area contributed by atoms with Crippen LogP contribution in [0.15, 0.2) is 33.9 Å². The number of hydrogen-bond donors (Lipinski definition) is 5. The number of nitrogens with zero attached hydrogens (tertiary/aromatic N) is 4. The number of carbonyl (C=O) groups excluding carboxylic acids is 2. The molecule has 0 bridgehead atoms. The smallest absolute Gasteiger partial charge is 0.352 e. The van der Waals surface area contributed by atoms with E-state index in [1.165, 1.54) is 13.0 Å². The van der Waals surface area contributed by atoms with Crippen molar-refractivity contribution in [1.82, 2.24) is 30.8 Å². The summed E-state index contributed by atoms with van der Waals surface area (Å²) in [7, 11) is -4.16. The first-order chi connectivity index (χ1) is 18.0. The number of aromatic nitrogens is 4. The maximum Gasteiger partial charge on any atom is 0.352 e. The molecule has 38 heavy (non-hydrogen) atoms. The Balaban J connectivity index is 1.60. The van der Waals surface area contributed by atoms with Crippen molar-refractivity contribution in [1.29, 1.82) is 0 Å². The van der Waals surface area contributed by atoms with Gasteiger partial charge in [0.2, 0.25) is 11.1 Å². The molecule has 2 aliphatic rings. The number of hydrogen-bond acceptors (Lipinski definition) is 12. The van der Waals surface area contributed by atoms with Gasteiger partial charge in [0.25, 0.3) is 5.91 Å². The standard InChI is InChI=1S/C19H21N6O9PS3/c1-2-34-35(32,33)6-10(38-19-21-23-24-22-19)8-7-37-16-12(15(27)25(16)13(8)18(30)31)20-14(26)11(17(28)29)9-4-3-5-36-9/h3-5,10-12,16H,2,6-7H2,1H3,(H,20,26)(H,28,29)(H,30,31)(H,32,33)(H,21,22,23,24)/t10?,11?,12-,16+/m1/s1. The molecule has 19 heteroatoms. The third-order valence-corrected chi connectivity index (χ3v) is 10.6. The predicted molar refractivity (Wildman–Crippen MR) is 135 cm³/mol. The third-order valence-electron chi connectivity index (χ3n) is 5.52. The minimum absolute atomic E-state index is 0.0252. The van der Waals surface area contributed by atoms with E-state index in [9.17, 15) is 38.8 Å². The van der Waals surface area contributed by atoms with Crippen LogP contribution in [0.4, 0.5) is 0 Å². The van der Waals surface area contributed by atoms with Crippen molar-refractivity contribution >= 4 is 66.2 Å². The highest BCUT2D eigenvalue weighted by Gasteiger charge is 2.55. The maximum atomic E-state index is 13.1. The molecule has 0 spiro atoms. The molecule has 5 atom stereocenters. The summed E-state index contributed by atoms with van der Waals surface area (Å²) in [6.07, 6.45) is -0.485. The zero-order valence-corrected chi connectivity index (χ0v) is 22.8. The summed E-state index contributed by atoms with van der Waals surface area (Å²) in [5, 5.41) is 35.3. The minimum Gasteiger partial charge on any atom is -0.480 e. The number of β-lactam (4-membered cyclic amide) rings is 1. The predicted octanol–water partition coefficient (Wildman–Crippen LogP) is 0.551. The number of carboxylic acids is 2. The van der Waals surface area contributed by atoms with Crippen LogP contribution in [-0.4, -0.2) is 99.6 Å².